The minimum atomic E-state index is -0.516. The number of rotatable bonds is 1. The molecule has 2 rings (SSSR count). The molecule has 0 spiro atoms. The van der Waals surface area contributed by atoms with Crippen LogP contribution in [0.15, 0.2) is 31.9 Å². The summed E-state index contributed by atoms with van der Waals surface area (Å²) < 4.78 is 1.73. The number of halogens is 2. The molecule has 0 bridgehead atoms. The molecule has 0 aliphatic carbocycles. The number of H-pyrrole nitrogens is 1. The van der Waals surface area contributed by atoms with Crippen LogP contribution in [0.2, 0.25) is 0 Å². The molecule has 0 amide bonds. The highest BCUT2D eigenvalue weighted by atomic mass is 79.9. The Morgan fingerprint density at radius 3 is 2.62 bits per heavy atom. The van der Waals surface area contributed by atoms with Gasteiger partial charge in [0.25, 0.3) is 0 Å². The molecule has 2 aromatic rings. The van der Waals surface area contributed by atoms with E-state index in [1.54, 1.807) is 0 Å². The summed E-state index contributed by atoms with van der Waals surface area (Å²) in [6.45, 7) is 0. The average molecular weight is 346 g/mol. The predicted octanol–water partition coefficient (Wildman–Crippen LogP) is 1.94. The summed E-state index contributed by atoms with van der Waals surface area (Å²) in [5.74, 6) is 0.338. The standard InChI is InChI=1S/C9H6Br2N4O/c10-4-1-2-5(6(11)3-4)7-13-8(12)15-9(16)14-7/h1-3H,(H3,12,13,14,15,16). The fraction of sp³-hybridized carbons (Fsp3) is 0. The third-order valence-electron chi connectivity index (χ3n) is 1.85. The van der Waals surface area contributed by atoms with E-state index in [9.17, 15) is 4.79 Å². The van der Waals surface area contributed by atoms with Gasteiger partial charge in [0.05, 0.1) is 0 Å². The molecule has 5 nitrogen and oxygen atoms in total. The van der Waals surface area contributed by atoms with Crippen LogP contribution < -0.4 is 11.4 Å². The van der Waals surface area contributed by atoms with Gasteiger partial charge in [-0.3, -0.25) is 4.98 Å². The van der Waals surface area contributed by atoms with Crippen LogP contribution >= 0.6 is 31.9 Å². The lowest BCUT2D eigenvalue weighted by Gasteiger charge is -2.04. The quantitative estimate of drug-likeness (QED) is 0.827. The van der Waals surface area contributed by atoms with Crippen molar-refractivity contribution in [3.63, 3.8) is 0 Å². The van der Waals surface area contributed by atoms with Crippen LogP contribution in [0.3, 0.4) is 0 Å². The number of anilines is 1. The third kappa shape index (κ3) is 2.30. The van der Waals surface area contributed by atoms with Crippen molar-refractivity contribution < 1.29 is 0 Å². The van der Waals surface area contributed by atoms with Gasteiger partial charge in [0.2, 0.25) is 5.95 Å². The maximum atomic E-state index is 11.2. The number of nitrogen functional groups attached to an aromatic ring is 1. The van der Waals surface area contributed by atoms with Crippen molar-refractivity contribution in [2.75, 3.05) is 5.73 Å². The van der Waals surface area contributed by atoms with E-state index in [1.807, 2.05) is 18.2 Å². The van der Waals surface area contributed by atoms with Gasteiger partial charge in [0.1, 0.15) is 5.82 Å². The third-order valence-corrected chi connectivity index (χ3v) is 3.00. The van der Waals surface area contributed by atoms with E-state index < -0.39 is 5.69 Å². The molecule has 1 aromatic carbocycles. The Hall–Kier alpha value is -1.21. The molecule has 7 heteroatoms. The zero-order valence-corrected chi connectivity index (χ0v) is 11.0. The zero-order chi connectivity index (χ0) is 11.7. The molecule has 0 radical (unpaired) electrons. The number of nitrogens with one attached hydrogen (secondary N) is 1. The Morgan fingerprint density at radius 2 is 2.00 bits per heavy atom. The largest absolute Gasteiger partial charge is 0.368 e. The van der Waals surface area contributed by atoms with Gasteiger partial charge < -0.3 is 5.73 Å². The molecule has 16 heavy (non-hydrogen) atoms. The predicted molar refractivity (Wildman–Crippen MR) is 67.9 cm³/mol. The summed E-state index contributed by atoms with van der Waals surface area (Å²) in [7, 11) is 0. The van der Waals surface area contributed by atoms with E-state index in [0.29, 0.717) is 5.82 Å². The maximum Gasteiger partial charge on any atom is 0.349 e. The molecule has 0 aliphatic heterocycles. The van der Waals surface area contributed by atoms with Gasteiger partial charge in [-0.1, -0.05) is 15.9 Å². The number of nitrogens with zero attached hydrogens (tertiary/aromatic N) is 2. The highest BCUT2D eigenvalue weighted by Gasteiger charge is 2.07. The summed E-state index contributed by atoms with van der Waals surface area (Å²) >= 11 is 6.72. The van der Waals surface area contributed by atoms with Gasteiger partial charge >= 0.3 is 5.69 Å². The second-order valence-electron chi connectivity index (χ2n) is 2.98. The first kappa shape index (κ1) is 11.3. The molecule has 0 saturated heterocycles. The Bertz CT molecular complexity index is 596. The highest BCUT2D eigenvalue weighted by molar-refractivity contribution is 9.11. The van der Waals surface area contributed by atoms with Gasteiger partial charge in [-0.15, -0.1) is 0 Å². The highest BCUT2D eigenvalue weighted by Crippen LogP contribution is 2.28. The molecule has 0 fully saturated rings. The minimum absolute atomic E-state index is 0.0476. The van der Waals surface area contributed by atoms with Crippen LogP contribution in [0.25, 0.3) is 11.4 Å². The van der Waals surface area contributed by atoms with Crippen molar-refractivity contribution in [2.45, 2.75) is 0 Å². The fourth-order valence-electron chi connectivity index (χ4n) is 1.21. The molecule has 3 N–H and O–H groups in total. The van der Waals surface area contributed by atoms with Crippen molar-refractivity contribution in [3.8, 4) is 11.4 Å². The number of hydrogen-bond acceptors (Lipinski definition) is 4. The molecule has 1 aromatic heterocycles. The monoisotopic (exact) mass is 344 g/mol. The number of aromatic nitrogens is 3. The van der Waals surface area contributed by atoms with Crippen LogP contribution in [0.1, 0.15) is 0 Å². The number of aromatic amines is 1. The summed E-state index contributed by atoms with van der Waals surface area (Å²) in [6, 6.07) is 5.51. The minimum Gasteiger partial charge on any atom is -0.368 e. The van der Waals surface area contributed by atoms with E-state index in [2.05, 4.69) is 46.8 Å². The Balaban J connectivity index is 2.63. The van der Waals surface area contributed by atoms with Crippen LogP contribution in [-0.4, -0.2) is 15.0 Å². The Morgan fingerprint density at radius 1 is 1.25 bits per heavy atom. The SMILES string of the molecule is Nc1nc(-c2ccc(Br)cc2Br)[nH]c(=O)n1. The van der Waals surface area contributed by atoms with Crippen LogP contribution in [0, 0.1) is 0 Å². The van der Waals surface area contributed by atoms with Crippen molar-refractivity contribution in [1.82, 2.24) is 15.0 Å². The van der Waals surface area contributed by atoms with E-state index in [1.165, 1.54) is 0 Å². The molecule has 0 unspecified atom stereocenters. The van der Waals surface area contributed by atoms with Gasteiger partial charge in [-0.2, -0.15) is 9.97 Å². The fourth-order valence-corrected chi connectivity index (χ4v) is 2.44. The van der Waals surface area contributed by atoms with E-state index in [-0.39, 0.29) is 5.95 Å². The second kappa shape index (κ2) is 4.34. The van der Waals surface area contributed by atoms with Gasteiger partial charge in [0, 0.05) is 14.5 Å². The van der Waals surface area contributed by atoms with Crippen molar-refractivity contribution in [1.29, 1.82) is 0 Å². The van der Waals surface area contributed by atoms with E-state index >= 15 is 0 Å². The lowest BCUT2D eigenvalue weighted by Crippen LogP contribution is -2.15. The summed E-state index contributed by atoms with van der Waals surface area (Å²) in [5.41, 5.74) is 5.64. The molecule has 0 atom stereocenters. The second-order valence-corrected chi connectivity index (χ2v) is 4.75. The normalized spacial score (nSPS) is 10.4. The van der Waals surface area contributed by atoms with Gasteiger partial charge in [0.15, 0.2) is 0 Å². The summed E-state index contributed by atoms with van der Waals surface area (Å²) in [4.78, 5) is 21.1. The average Bonchev–Trinajstić information content (AvgIpc) is 2.15. The number of hydrogen-bond donors (Lipinski definition) is 2. The molecule has 1 heterocycles. The molecular weight excluding hydrogens is 340 g/mol. The lowest BCUT2D eigenvalue weighted by molar-refractivity contribution is 1.01. The molecular formula is C9H6Br2N4O. The van der Waals surface area contributed by atoms with Gasteiger partial charge in [-0.25, -0.2) is 4.79 Å². The van der Waals surface area contributed by atoms with Crippen LogP contribution in [0.5, 0.6) is 0 Å². The first-order valence-electron chi connectivity index (χ1n) is 4.25. The Labute approximate surface area is 107 Å². The zero-order valence-electron chi connectivity index (χ0n) is 7.87. The van der Waals surface area contributed by atoms with Crippen LogP contribution in [0.4, 0.5) is 5.95 Å². The van der Waals surface area contributed by atoms with Crippen molar-refractivity contribution in [3.05, 3.63) is 37.6 Å². The summed E-state index contributed by atoms with van der Waals surface area (Å²) in [5, 5.41) is 0. The first-order valence-corrected chi connectivity index (χ1v) is 5.84. The van der Waals surface area contributed by atoms with Crippen LogP contribution in [-0.2, 0) is 0 Å². The maximum absolute atomic E-state index is 11.2. The summed E-state index contributed by atoms with van der Waals surface area (Å²) in [6.07, 6.45) is 0. The first-order chi connectivity index (χ1) is 7.56. The molecule has 0 saturated carbocycles. The number of nitrogens with two attached hydrogens (primary N) is 1. The Kier molecular flexibility index (Phi) is 3.06. The van der Waals surface area contributed by atoms with Crippen molar-refractivity contribution >= 4 is 37.8 Å². The van der Waals surface area contributed by atoms with Gasteiger partial charge in [-0.05, 0) is 34.1 Å². The topological polar surface area (TPSA) is 84.7 Å². The van der Waals surface area contributed by atoms with E-state index in [4.69, 9.17) is 5.73 Å². The number of benzene rings is 1. The van der Waals surface area contributed by atoms with Crippen molar-refractivity contribution in [2.24, 2.45) is 0 Å². The molecule has 0 aliphatic rings. The van der Waals surface area contributed by atoms with E-state index in [0.717, 1.165) is 14.5 Å². The lowest BCUT2D eigenvalue weighted by atomic mass is 10.2. The smallest absolute Gasteiger partial charge is 0.349 e. The molecule has 82 valence electrons.